The summed E-state index contributed by atoms with van der Waals surface area (Å²) in [5.74, 6) is 1.07. The molecule has 0 spiro atoms. The number of rotatable bonds is 4. The number of nitrogens with one attached hydrogen (secondary N) is 1. The van der Waals surface area contributed by atoms with E-state index in [1.165, 1.54) is 77.6 Å². The first-order chi connectivity index (χ1) is 16.6. The summed E-state index contributed by atoms with van der Waals surface area (Å²) in [5, 5.41) is 9.65. The van der Waals surface area contributed by atoms with Crippen LogP contribution in [0.3, 0.4) is 0 Å². The van der Waals surface area contributed by atoms with E-state index in [9.17, 15) is 0 Å². The Morgan fingerprint density at radius 3 is 2.62 bits per heavy atom. The van der Waals surface area contributed by atoms with Gasteiger partial charge in [-0.2, -0.15) is 0 Å². The molecule has 0 bridgehead atoms. The summed E-state index contributed by atoms with van der Waals surface area (Å²) in [6.45, 7) is 11.0. The predicted octanol–water partition coefficient (Wildman–Crippen LogP) is 5.67. The van der Waals surface area contributed by atoms with Gasteiger partial charge in [0.2, 0.25) is 0 Å². The van der Waals surface area contributed by atoms with Gasteiger partial charge in [-0.1, -0.05) is 19.9 Å². The Morgan fingerprint density at radius 1 is 1.06 bits per heavy atom. The lowest BCUT2D eigenvalue weighted by Crippen LogP contribution is -2.43. The maximum atomic E-state index is 5.57. The molecular formula is C28H35N5O. The molecule has 2 saturated heterocycles. The average Bonchev–Trinajstić information content (AvgIpc) is 3.47. The van der Waals surface area contributed by atoms with E-state index in [0.29, 0.717) is 11.8 Å². The average molecular weight is 458 g/mol. The number of fused-ring (bicyclic) bond motifs is 2. The number of benzene rings is 1. The molecule has 6 heteroatoms. The highest BCUT2D eigenvalue weighted by Gasteiger charge is 2.28. The molecule has 2 aliphatic heterocycles. The summed E-state index contributed by atoms with van der Waals surface area (Å²) < 4.78 is 7.58. The third kappa shape index (κ3) is 3.83. The number of ether oxygens (including phenoxy) is 1. The van der Waals surface area contributed by atoms with E-state index in [1.54, 1.807) is 6.33 Å². The highest BCUT2D eigenvalue weighted by atomic mass is 16.5. The zero-order chi connectivity index (χ0) is 23.2. The summed E-state index contributed by atoms with van der Waals surface area (Å²) in [4.78, 5) is 6.48. The Morgan fingerprint density at radius 2 is 1.85 bits per heavy atom. The lowest BCUT2D eigenvalue weighted by atomic mass is 9.86. The molecule has 0 saturated carbocycles. The number of piperidine rings is 1. The molecule has 0 unspecified atom stereocenters. The van der Waals surface area contributed by atoms with Gasteiger partial charge in [0.05, 0.1) is 5.69 Å². The van der Waals surface area contributed by atoms with E-state index in [1.807, 2.05) is 4.40 Å². The van der Waals surface area contributed by atoms with Crippen molar-refractivity contribution in [2.24, 2.45) is 0 Å². The largest absolute Gasteiger partial charge is 0.381 e. The Bertz CT molecular complexity index is 1310. The molecule has 6 rings (SSSR count). The van der Waals surface area contributed by atoms with Gasteiger partial charge in [0.1, 0.15) is 6.33 Å². The van der Waals surface area contributed by atoms with Gasteiger partial charge in [-0.25, -0.2) is 0 Å². The van der Waals surface area contributed by atoms with Gasteiger partial charge in [-0.3, -0.25) is 4.40 Å². The molecule has 34 heavy (non-hydrogen) atoms. The van der Waals surface area contributed by atoms with Crippen LogP contribution in [0, 0.1) is 6.92 Å². The fraction of sp³-hybridized carbons (Fsp3) is 0.500. The second-order valence-electron chi connectivity index (χ2n) is 10.5. The zero-order valence-corrected chi connectivity index (χ0v) is 20.6. The molecule has 0 atom stereocenters. The van der Waals surface area contributed by atoms with Crippen LogP contribution >= 0.6 is 0 Å². The minimum Gasteiger partial charge on any atom is -0.381 e. The molecule has 3 aromatic heterocycles. The van der Waals surface area contributed by atoms with E-state index in [-0.39, 0.29) is 0 Å². The Labute approximate surface area is 201 Å². The lowest BCUT2D eigenvalue weighted by molar-refractivity contribution is 0.0252. The number of pyridine rings is 1. The molecule has 178 valence electrons. The molecule has 0 radical (unpaired) electrons. The SMILES string of the molecule is Cc1cc2nncn2cc1-c1[nH]c2ccc(C3CCN(C4CCOCC4)CC3)cc2c1C(C)C. The van der Waals surface area contributed by atoms with E-state index < -0.39 is 0 Å². The van der Waals surface area contributed by atoms with Gasteiger partial charge in [0, 0.05) is 41.9 Å². The van der Waals surface area contributed by atoms with Crippen molar-refractivity contribution in [1.29, 1.82) is 0 Å². The number of likely N-dealkylation sites (tertiary alicyclic amines) is 1. The molecule has 6 nitrogen and oxygen atoms in total. The predicted molar refractivity (Wildman–Crippen MR) is 136 cm³/mol. The number of hydrogen-bond acceptors (Lipinski definition) is 4. The van der Waals surface area contributed by atoms with E-state index in [0.717, 1.165) is 24.9 Å². The van der Waals surface area contributed by atoms with Gasteiger partial charge in [0.15, 0.2) is 5.65 Å². The van der Waals surface area contributed by atoms with E-state index >= 15 is 0 Å². The third-order valence-electron chi connectivity index (χ3n) is 8.06. The summed E-state index contributed by atoms with van der Waals surface area (Å²) >= 11 is 0. The maximum Gasteiger partial charge on any atom is 0.160 e. The Kier molecular flexibility index (Phi) is 5.66. The molecule has 1 aromatic carbocycles. The van der Waals surface area contributed by atoms with Crippen LogP contribution in [0.5, 0.6) is 0 Å². The number of hydrogen-bond donors (Lipinski definition) is 1. The van der Waals surface area contributed by atoms with Crippen molar-refractivity contribution < 1.29 is 4.74 Å². The van der Waals surface area contributed by atoms with Crippen LogP contribution in [0.2, 0.25) is 0 Å². The molecule has 2 aliphatic rings. The normalized spacial score (nSPS) is 19.1. The number of aromatic amines is 1. The van der Waals surface area contributed by atoms with Crippen molar-refractivity contribution in [2.75, 3.05) is 26.3 Å². The highest BCUT2D eigenvalue weighted by molar-refractivity contribution is 5.92. The smallest absolute Gasteiger partial charge is 0.160 e. The van der Waals surface area contributed by atoms with Gasteiger partial charge >= 0.3 is 0 Å². The fourth-order valence-corrected chi connectivity index (χ4v) is 6.17. The summed E-state index contributed by atoms with van der Waals surface area (Å²) in [6, 6.07) is 9.99. The lowest BCUT2D eigenvalue weighted by Gasteiger charge is -2.39. The summed E-state index contributed by atoms with van der Waals surface area (Å²) in [7, 11) is 0. The van der Waals surface area contributed by atoms with Crippen molar-refractivity contribution in [3.05, 3.63) is 53.5 Å². The second kappa shape index (κ2) is 8.82. The summed E-state index contributed by atoms with van der Waals surface area (Å²) in [5.41, 5.74) is 8.69. The van der Waals surface area contributed by atoms with Gasteiger partial charge in [-0.05, 0) is 92.4 Å². The first-order valence-electron chi connectivity index (χ1n) is 12.9. The van der Waals surface area contributed by atoms with Crippen LogP contribution in [-0.2, 0) is 4.74 Å². The van der Waals surface area contributed by atoms with Crippen LogP contribution in [0.4, 0.5) is 0 Å². The maximum absolute atomic E-state index is 5.57. The van der Waals surface area contributed by atoms with Crippen LogP contribution < -0.4 is 0 Å². The molecule has 2 fully saturated rings. The van der Waals surface area contributed by atoms with Crippen LogP contribution in [-0.4, -0.2) is 56.8 Å². The standard InChI is InChI=1S/C28H35N5O/c1-18(2)27-23-15-21(20-6-10-32(11-7-20)22-8-12-34-13-9-22)4-5-25(23)30-28(27)24-16-33-17-29-31-26(33)14-19(24)3/h4-5,14-18,20,22,30H,6-13H2,1-3H3. The van der Waals surface area contributed by atoms with Crippen molar-refractivity contribution in [3.63, 3.8) is 0 Å². The second-order valence-corrected chi connectivity index (χ2v) is 10.5. The number of nitrogens with zero attached hydrogens (tertiary/aromatic N) is 4. The molecule has 0 amide bonds. The topological polar surface area (TPSA) is 58.5 Å². The molecule has 0 aliphatic carbocycles. The summed E-state index contributed by atoms with van der Waals surface area (Å²) in [6.07, 6.45) is 8.83. The van der Waals surface area contributed by atoms with Crippen molar-refractivity contribution in [2.45, 2.75) is 64.3 Å². The van der Waals surface area contributed by atoms with Gasteiger partial charge < -0.3 is 14.6 Å². The van der Waals surface area contributed by atoms with Crippen LogP contribution in [0.15, 0.2) is 36.8 Å². The fourth-order valence-electron chi connectivity index (χ4n) is 6.17. The van der Waals surface area contributed by atoms with Gasteiger partial charge in [0.25, 0.3) is 0 Å². The third-order valence-corrected chi connectivity index (χ3v) is 8.06. The number of aromatic nitrogens is 4. The molecular weight excluding hydrogens is 422 g/mol. The Hall–Kier alpha value is -2.70. The van der Waals surface area contributed by atoms with Crippen molar-refractivity contribution in [3.8, 4) is 11.3 Å². The van der Waals surface area contributed by atoms with Crippen LogP contribution in [0.1, 0.15) is 68.1 Å². The van der Waals surface area contributed by atoms with Crippen LogP contribution in [0.25, 0.3) is 27.8 Å². The zero-order valence-electron chi connectivity index (χ0n) is 20.6. The van der Waals surface area contributed by atoms with Gasteiger partial charge in [-0.15, -0.1) is 10.2 Å². The highest BCUT2D eigenvalue weighted by Crippen LogP contribution is 2.39. The Balaban J connectivity index is 1.32. The molecule has 4 aromatic rings. The van der Waals surface area contributed by atoms with Crippen molar-refractivity contribution in [1.82, 2.24) is 24.5 Å². The first kappa shape index (κ1) is 21.8. The van der Waals surface area contributed by atoms with Crippen molar-refractivity contribution >= 4 is 16.6 Å². The molecule has 1 N–H and O–H groups in total. The van der Waals surface area contributed by atoms with E-state index in [4.69, 9.17) is 4.74 Å². The number of H-pyrrole nitrogens is 1. The van der Waals surface area contributed by atoms with E-state index in [2.05, 4.69) is 71.3 Å². The molecule has 5 heterocycles. The first-order valence-corrected chi connectivity index (χ1v) is 12.9. The minimum atomic E-state index is 0.422. The monoisotopic (exact) mass is 457 g/mol. The minimum absolute atomic E-state index is 0.422. The quantitative estimate of drug-likeness (QED) is 0.429. The number of aryl methyl sites for hydroxylation is 1.